The molecule has 0 aliphatic carbocycles. The van der Waals surface area contributed by atoms with Crippen LogP contribution in [0.15, 0.2) is 23.1 Å². The first kappa shape index (κ1) is 17.1. The summed E-state index contributed by atoms with van der Waals surface area (Å²) in [6.45, 7) is 4.85. The summed E-state index contributed by atoms with van der Waals surface area (Å²) in [6.07, 6.45) is 0.0249. The van der Waals surface area contributed by atoms with E-state index in [0.29, 0.717) is 5.56 Å². The summed E-state index contributed by atoms with van der Waals surface area (Å²) in [5.41, 5.74) is -0.135. The summed E-state index contributed by atoms with van der Waals surface area (Å²) in [5, 5.41) is 19.7. The Morgan fingerprint density at radius 3 is 2.52 bits per heavy atom. The van der Waals surface area contributed by atoms with E-state index in [1.54, 1.807) is 13.8 Å². The summed E-state index contributed by atoms with van der Waals surface area (Å²) in [4.78, 5) is 10.1. The molecule has 0 atom stereocenters. The maximum atomic E-state index is 12.7. The van der Waals surface area contributed by atoms with Crippen LogP contribution in [0, 0.1) is 28.4 Å². The maximum Gasteiger partial charge on any atom is 0.289 e. The summed E-state index contributed by atoms with van der Waals surface area (Å²) >= 11 is 0. The van der Waals surface area contributed by atoms with Crippen LogP contribution < -0.4 is 0 Å². The van der Waals surface area contributed by atoms with Crippen molar-refractivity contribution in [2.24, 2.45) is 0 Å². The number of aryl methyl sites for hydroxylation is 1. The zero-order valence-corrected chi connectivity index (χ0v) is 12.9. The van der Waals surface area contributed by atoms with Gasteiger partial charge in [-0.25, -0.2) is 8.42 Å². The largest absolute Gasteiger partial charge is 0.289 e. The van der Waals surface area contributed by atoms with E-state index in [9.17, 15) is 18.5 Å². The zero-order chi connectivity index (χ0) is 16.2. The van der Waals surface area contributed by atoms with Crippen LogP contribution in [0.3, 0.4) is 0 Å². The monoisotopic (exact) mass is 311 g/mol. The molecule has 0 saturated carbocycles. The lowest BCUT2D eigenvalue weighted by Crippen LogP contribution is -2.38. The summed E-state index contributed by atoms with van der Waals surface area (Å²) < 4.78 is 26.6. The Balaban J connectivity index is 3.49. The van der Waals surface area contributed by atoms with Crippen molar-refractivity contribution in [3.05, 3.63) is 33.9 Å². The lowest BCUT2D eigenvalue weighted by atomic mass is 10.2. The molecule has 1 aromatic carbocycles. The Morgan fingerprint density at radius 1 is 1.43 bits per heavy atom. The second kappa shape index (κ2) is 6.65. The Labute approximate surface area is 124 Å². The fourth-order valence-corrected chi connectivity index (χ4v) is 4.05. The first-order chi connectivity index (χ1) is 9.73. The van der Waals surface area contributed by atoms with Gasteiger partial charge in [-0.15, -0.1) is 0 Å². The van der Waals surface area contributed by atoms with Crippen LogP contribution >= 0.6 is 0 Å². The fourth-order valence-electron chi connectivity index (χ4n) is 2.05. The van der Waals surface area contributed by atoms with Crippen LogP contribution in [-0.2, 0) is 10.0 Å². The van der Waals surface area contributed by atoms with Gasteiger partial charge in [0.1, 0.15) is 0 Å². The van der Waals surface area contributed by atoms with Gasteiger partial charge in [-0.2, -0.15) is 9.57 Å². The van der Waals surface area contributed by atoms with E-state index in [4.69, 9.17) is 5.26 Å². The van der Waals surface area contributed by atoms with Gasteiger partial charge in [-0.1, -0.05) is 12.1 Å². The van der Waals surface area contributed by atoms with Gasteiger partial charge in [-0.3, -0.25) is 10.1 Å². The van der Waals surface area contributed by atoms with Crippen LogP contribution in [-0.4, -0.2) is 30.2 Å². The number of nitro groups is 1. The molecule has 114 valence electrons. The van der Waals surface area contributed by atoms with E-state index in [1.165, 1.54) is 25.1 Å². The smallest absolute Gasteiger partial charge is 0.258 e. The van der Waals surface area contributed by atoms with Crippen LogP contribution in [0.2, 0.25) is 0 Å². The molecule has 1 rings (SSSR count). The molecule has 0 aliphatic rings. The van der Waals surface area contributed by atoms with Gasteiger partial charge in [0.15, 0.2) is 4.90 Å². The number of hydrogen-bond donors (Lipinski definition) is 0. The lowest BCUT2D eigenvalue weighted by Gasteiger charge is -2.25. The van der Waals surface area contributed by atoms with Crippen molar-refractivity contribution in [3.63, 3.8) is 0 Å². The molecule has 0 unspecified atom stereocenters. The number of nitrogens with zero attached hydrogens (tertiary/aromatic N) is 3. The number of nitriles is 1. The molecular weight excluding hydrogens is 294 g/mol. The average Bonchev–Trinajstić information content (AvgIpc) is 2.37. The van der Waals surface area contributed by atoms with Crippen LogP contribution in [0.1, 0.15) is 25.8 Å². The van der Waals surface area contributed by atoms with Gasteiger partial charge in [0.25, 0.3) is 5.69 Å². The minimum absolute atomic E-state index is 0.00197. The van der Waals surface area contributed by atoms with Gasteiger partial charge >= 0.3 is 0 Å². The number of hydrogen-bond acceptors (Lipinski definition) is 5. The molecule has 0 aromatic heterocycles. The van der Waals surface area contributed by atoms with E-state index in [2.05, 4.69) is 0 Å². The second-order valence-corrected chi connectivity index (χ2v) is 6.63. The van der Waals surface area contributed by atoms with Gasteiger partial charge < -0.3 is 0 Å². The third-order valence-corrected chi connectivity index (χ3v) is 5.24. The highest BCUT2D eigenvalue weighted by Crippen LogP contribution is 2.30. The van der Waals surface area contributed by atoms with Crippen molar-refractivity contribution in [2.75, 3.05) is 6.54 Å². The molecular formula is C13H17N3O4S. The van der Waals surface area contributed by atoms with Gasteiger partial charge in [-0.05, 0) is 26.3 Å². The molecule has 0 heterocycles. The van der Waals surface area contributed by atoms with Crippen molar-refractivity contribution in [1.29, 1.82) is 5.26 Å². The highest BCUT2D eigenvalue weighted by molar-refractivity contribution is 7.89. The van der Waals surface area contributed by atoms with Crippen molar-refractivity contribution in [2.45, 2.75) is 38.1 Å². The normalized spacial score (nSPS) is 11.6. The Hall–Kier alpha value is -1.98. The van der Waals surface area contributed by atoms with E-state index >= 15 is 0 Å². The third kappa shape index (κ3) is 3.56. The average molecular weight is 311 g/mol. The van der Waals surface area contributed by atoms with E-state index < -0.39 is 26.7 Å². The first-order valence-electron chi connectivity index (χ1n) is 6.36. The van der Waals surface area contributed by atoms with Gasteiger partial charge in [0.05, 0.1) is 11.0 Å². The lowest BCUT2D eigenvalue weighted by molar-refractivity contribution is -0.387. The van der Waals surface area contributed by atoms with E-state index in [0.717, 1.165) is 4.31 Å². The van der Waals surface area contributed by atoms with Crippen LogP contribution in [0.4, 0.5) is 5.69 Å². The highest BCUT2D eigenvalue weighted by Gasteiger charge is 2.34. The maximum absolute atomic E-state index is 12.7. The molecule has 21 heavy (non-hydrogen) atoms. The fraction of sp³-hybridized carbons (Fsp3) is 0.462. The predicted octanol–water partition coefficient (Wildman–Crippen LogP) is 2.22. The molecule has 8 heteroatoms. The zero-order valence-electron chi connectivity index (χ0n) is 12.1. The summed E-state index contributed by atoms with van der Waals surface area (Å²) in [6, 6.07) is 5.62. The van der Waals surface area contributed by atoms with E-state index in [-0.39, 0.29) is 17.9 Å². The number of rotatable bonds is 6. The Kier molecular flexibility index (Phi) is 5.41. The molecule has 7 nitrogen and oxygen atoms in total. The van der Waals surface area contributed by atoms with Crippen molar-refractivity contribution in [3.8, 4) is 6.07 Å². The van der Waals surface area contributed by atoms with Gasteiger partial charge in [0.2, 0.25) is 10.0 Å². The van der Waals surface area contributed by atoms with E-state index in [1.807, 2.05) is 6.07 Å². The van der Waals surface area contributed by atoms with Crippen LogP contribution in [0.25, 0.3) is 0 Å². The summed E-state index contributed by atoms with van der Waals surface area (Å²) in [7, 11) is -4.04. The molecule has 0 spiro atoms. The topological polar surface area (TPSA) is 104 Å². The van der Waals surface area contributed by atoms with Crippen molar-refractivity contribution >= 4 is 15.7 Å². The molecule has 0 N–H and O–H groups in total. The minimum Gasteiger partial charge on any atom is -0.258 e. The molecule has 0 fully saturated rings. The molecule has 0 saturated heterocycles. The number of sulfonamides is 1. The molecule has 1 aromatic rings. The third-order valence-electron chi connectivity index (χ3n) is 2.97. The molecule has 0 bridgehead atoms. The number of benzene rings is 1. The Bertz CT molecular complexity index is 677. The summed E-state index contributed by atoms with van der Waals surface area (Å²) in [5.74, 6) is 0. The molecule has 0 amide bonds. The minimum atomic E-state index is -4.04. The Morgan fingerprint density at radius 2 is 2.05 bits per heavy atom. The SMILES string of the molecule is Cc1cccc([N+](=O)[O-])c1S(=O)(=O)N(CCC#N)C(C)C. The second-order valence-electron chi connectivity index (χ2n) is 4.80. The number of nitro benzene ring substituents is 1. The van der Waals surface area contributed by atoms with Crippen molar-refractivity contribution < 1.29 is 13.3 Å². The quantitative estimate of drug-likeness (QED) is 0.591. The van der Waals surface area contributed by atoms with Gasteiger partial charge in [0, 0.05) is 25.1 Å². The first-order valence-corrected chi connectivity index (χ1v) is 7.80. The standard InChI is InChI=1S/C13H17N3O4S/c1-10(2)15(9-5-8-14)21(19,20)13-11(3)6-4-7-12(13)16(17)18/h4,6-7,10H,5,9H2,1-3H3. The van der Waals surface area contributed by atoms with Crippen molar-refractivity contribution in [1.82, 2.24) is 4.31 Å². The molecule has 0 radical (unpaired) electrons. The highest BCUT2D eigenvalue weighted by atomic mass is 32.2. The molecule has 0 aliphatic heterocycles. The van der Waals surface area contributed by atoms with Crippen LogP contribution in [0.5, 0.6) is 0 Å². The predicted molar refractivity (Wildman–Crippen MR) is 77.1 cm³/mol.